The minimum absolute atomic E-state index is 0. The average Bonchev–Trinajstić information content (AvgIpc) is 2.63. The third kappa shape index (κ3) is 8.26. The summed E-state index contributed by atoms with van der Waals surface area (Å²) in [5.74, 6) is 0. The molecular formula is C21H34Cl2N2O2S. The molecule has 3 N–H and O–H groups in total. The maximum absolute atomic E-state index is 12.6. The van der Waals surface area contributed by atoms with Crippen LogP contribution in [0.15, 0.2) is 41.3 Å². The fourth-order valence-corrected chi connectivity index (χ4v) is 4.62. The van der Waals surface area contributed by atoms with Crippen LogP contribution >= 0.6 is 24.0 Å². The smallest absolute Gasteiger partial charge is 0.241 e. The van der Waals surface area contributed by atoms with Crippen LogP contribution in [0.1, 0.15) is 58.8 Å². The molecule has 0 saturated heterocycles. The number of rotatable bonds is 12. The Kier molecular flexibility index (Phi) is 13.8. The second kappa shape index (κ2) is 14.2. The van der Waals surface area contributed by atoms with Gasteiger partial charge in [0, 0.05) is 22.3 Å². The third-order valence-corrected chi connectivity index (χ3v) is 6.39. The van der Waals surface area contributed by atoms with E-state index >= 15 is 0 Å². The lowest BCUT2D eigenvalue weighted by molar-refractivity contribution is 0.557. The van der Waals surface area contributed by atoms with Gasteiger partial charge < -0.3 is 5.73 Å². The zero-order valence-corrected chi connectivity index (χ0v) is 18.0. The van der Waals surface area contributed by atoms with Crippen LogP contribution in [0.3, 0.4) is 0 Å². The van der Waals surface area contributed by atoms with Gasteiger partial charge in [-0.3, -0.25) is 0 Å². The molecule has 160 valence electrons. The predicted molar refractivity (Wildman–Crippen MR) is 124 cm³/mol. The Labute approximate surface area is 181 Å². The summed E-state index contributed by atoms with van der Waals surface area (Å²) in [6.07, 6.45) is 9.06. The van der Waals surface area contributed by atoms with Gasteiger partial charge in [0.25, 0.3) is 0 Å². The molecule has 0 fully saturated rings. The number of benzene rings is 2. The van der Waals surface area contributed by atoms with Gasteiger partial charge in [0.05, 0.1) is 4.90 Å². The second-order valence-electron chi connectivity index (χ2n) is 6.61. The Morgan fingerprint density at radius 2 is 1.36 bits per heavy atom. The van der Waals surface area contributed by atoms with Crippen molar-refractivity contribution in [3.63, 3.8) is 0 Å². The minimum atomic E-state index is -3.53. The van der Waals surface area contributed by atoms with Crippen molar-refractivity contribution in [2.24, 2.45) is 5.73 Å². The molecule has 2 aromatic rings. The van der Waals surface area contributed by atoms with Crippen LogP contribution in [0.25, 0.3) is 10.8 Å². The second-order valence-corrected chi connectivity index (χ2v) is 8.75. The number of hydrogen-bond acceptors (Lipinski definition) is 3. The van der Waals surface area contributed by atoms with E-state index in [2.05, 4.69) is 4.72 Å². The fraction of sp³-hybridized carbons (Fsp3) is 0.524. The molecule has 0 spiro atoms. The van der Waals surface area contributed by atoms with Crippen molar-refractivity contribution in [2.75, 3.05) is 13.1 Å². The van der Waals surface area contributed by atoms with E-state index in [-0.39, 0.29) is 24.7 Å². The van der Waals surface area contributed by atoms with Gasteiger partial charge >= 0.3 is 0 Å². The molecule has 0 saturated carbocycles. The number of nitrogens with two attached hydrogens (primary N) is 1. The van der Waals surface area contributed by atoms with E-state index in [9.17, 15) is 8.42 Å². The molecular weight excluding hydrogens is 415 g/mol. The van der Waals surface area contributed by atoms with E-state index in [4.69, 9.17) is 17.3 Å². The minimum Gasteiger partial charge on any atom is -0.330 e. The van der Waals surface area contributed by atoms with Gasteiger partial charge in [-0.05, 0) is 31.5 Å². The normalized spacial score (nSPS) is 11.1. The molecule has 0 radical (unpaired) electrons. The molecule has 0 aliphatic carbocycles. The monoisotopic (exact) mass is 448 g/mol. The first-order valence-electron chi connectivity index (χ1n) is 9.43. The molecule has 0 aliphatic rings. The SMILES string of the molecule is C.Cl.NCCCCCCCCCCNS(=O)(=O)c1cccc2c(Cl)cccc12. The first-order valence-corrected chi connectivity index (χ1v) is 11.3. The van der Waals surface area contributed by atoms with Crippen LogP contribution in [0, 0.1) is 0 Å². The Morgan fingerprint density at radius 1 is 0.821 bits per heavy atom. The van der Waals surface area contributed by atoms with Crippen LogP contribution in [-0.4, -0.2) is 21.5 Å². The van der Waals surface area contributed by atoms with Crippen LogP contribution < -0.4 is 10.5 Å². The first kappa shape index (κ1) is 27.1. The zero-order chi connectivity index (χ0) is 18.8. The highest BCUT2D eigenvalue weighted by atomic mass is 35.5. The van der Waals surface area contributed by atoms with E-state index < -0.39 is 10.0 Å². The van der Waals surface area contributed by atoms with Crippen LogP contribution in [0.2, 0.25) is 5.02 Å². The van der Waals surface area contributed by atoms with Gasteiger partial charge in [-0.25, -0.2) is 13.1 Å². The maximum atomic E-state index is 12.6. The topological polar surface area (TPSA) is 72.2 Å². The summed E-state index contributed by atoms with van der Waals surface area (Å²) in [5.41, 5.74) is 5.48. The van der Waals surface area contributed by atoms with Gasteiger partial charge in [-0.1, -0.05) is 81.8 Å². The van der Waals surface area contributed by atoms with Crippen molar-refractivity contribution in [3.8, 4) is 0 Å². The lowest BCUT2D eigenvalue weighted by Gasteiger charge is -2.10. The highest BCUT2D eigenvalue weighted by Gasteiger charge is 2.17. The summed E-state index contributed by atoms with van der Waals surface area (Å²) in [6.45, 7) is 1.25. The number of hydrogen-bond donors (Lipinski definition) is 2. The molecule has 0 heterocycles. The number of sulfonamides is 1. The first-order chi connectivity index (χ1) is 12.6. The van der Waals surface area contributed by atoms with Crippen LogP contribution in [0.5, 0.6) is 0 Å². The van der Waals surface area contributed by atoms with Gasteiger partial charge in [0.2, 0.25) is 10.0 Å². The molecule has 0 aliphatic heterocycles. The van der Waals surface area contributed by atoms with Crippen molar-refractivity contribution in [1.29, 1.82) is 0 Å². The molecule has 0 aromatic heterocycles. The highest BCUT2D eigenvalue weighted by Crippen LogP contribution is 2.28. The quantitative estimate of drug-likeness (QED) is 0.396. The number of unbranched alkanes of at least 4 members (excludes halogenated alkanes) is 7. The highest BCUT2D eigenvalue weighted by molar-refractivity contribution is 7.89. The van der Waals surface area contributed by atoms with E-state index in [0.29, 0.717) is 17.0 Å². The zero-order valence-electron chi connectivity index (χ0n) is 15.6. The van der Waals surface area contributed by atoms with Gasteiger partial charge in [0.15, 0.2) is 0 Å². The van der Waals surface area contributed by atoms with Crippen LogP contribution in [0.4, 0.5) is 0 Å². The maximum Gasteiger partial charge on any atom is 0.241 e. The van der Waals surface area contributed by atoms with Crippen molar-refractivity contribution in [1.82, 2.24) is 4.72 Å². The molecule has 0 unspecified atom stereocenters. The molecule has 28 heavy (non-hydrogen) atoms. The number of fused-ring (bicyclic) bond motifs is 1. The lowest BCUT2D eigenvalue weighted by atomic mass is 10.1. The summed E-state index contributed by atoms with van der Waals surface area (Å²) in [7, 11) is -3.53. The number of halogens is 2. The molecule has 2 rings (SSSR count). The van der Waals surface area contributed by atoms with E-state index in [1.165, 1.54) is 25.7 Å². The van der Waals surface area contributed by atoms with Crippen molar-refractivity contribution in [3.05, 3.63) is 41.4 Å². The standard InChI is InChI=1S/C20H29ClN2O2S.CH4.ClH/c21-19-13-9-12-18-17(19)11-10-14-20(18)26(24,25)23-16-8-6-4-2-1-3-5-7-15-22;;/h9-14,23H,1-8,15-16,22H2;1H4;1H. The van der Waals surface area contributed by atoms with E-state index in [1.807, 2.05) is 6.07 Å². The fourth-order valence-electron chi connectivity index (χ4n) is 3.09. The molecule has 0 bridgehead atoms. The Bertz CT molecular complexity index is 798. The summed E-state index contributed by atoms with van der Waals surface area (Å²) in [5, 5.41) is 1.97. The summed E-state index contributed by atoms with van der Waals surface area (Å²) in [6, 6.07) is 10.5. The Morgan fingerprint density at radius 3 is 2.00 bits per heavy atom. The third-order valence-electron chi connectivity index (χ3n) is 4.54. The van der Waals surface area contributed by atoms with Crippen LogP contribution in [-0.2, 0) is 10.0 Å². The van der Waals surface area contributed by atoms with Crippen molar-refractivity contribution >= 4 is 44.8 Å². The largest absolute Gasteiger partial charge is 0.330 e. The Hall–Kier alpha value is -0.850. The molecule has 4 nitrogen and oxygen atoms in total. The summed E-state index contributed by atoms with van der Waals surface area (Å²) >= 11 is 6.17. The van der Waals surface area contributed by atoms with Gasteiger partial charge in [-0.2, -0.15) is 0 Å². The lowest BCUT2D eigenvalue weighted by Crippen LogP contribution is -2.25. The number of nitrogens with one attached hydrogen (secondary N) is 1. The molecule has 0 atom stereocenters. The Balaban J connectivity index is 0.00000364. The molecule has 0 amide bonds. The molecule has 2 aromatic carbocycles. The van der Waals surface area contributed by atoms with Crippen molar-refractivity contribution < 1.29 is 8.42 Å². The van der Waals surface area contributed by atoms with E-state index in [0.717, 1.165) is 37.6 Å². The molecule has 7 heteroatoms. The van der Waals surface area contributed by atoms with E-state index in [1.54, 1.807) is 30.3 Å². The van der Waals surface area contributed by atoms with Crippen molar-refractivity contribution in [2.45, 2.75) is 63.7 Å². The predicted octanol–water partition coefficient (Wildman–Crippen LogP) is 5.91. The summed E-state index contributed by atoms with van der Waals surface area (Å²) in [4.78, 5) is 0.289. The summed E-state index contributed by atoms with van der Waals surface area (Å²) < 4.78 is 28.0. The van der Waals surface area contributed by atoms with Gasteiger partial charge in [0.1, 0.15) is 0 Å². The van der Waals surface area contributed by atoms with Gasteiger partial charge in [-0.15, -0.1) is 12.4 Å². The average molecular weight is 449 g/mol.